The molecule has 0 aromatic heterocycles. The van der Waals surface area contributed by atoms with Crippen molar-refractivity contribution in [2.45, 2.75) is 6.04 Å². The summed E-state index contributed by atoms with van der Waals surface area (Å²) in [6.45, 7) is -0.142. The summed E-state index contributed by atoms with van der Waals surface area (Å²) >= 11 is 0. The largest absolute Gasteiger partial charge is 0.489 e. The fourth-order valence-corrected chi connectivity index (χ4v) is 1.45. The fraction of sp³-hybridized carbons (Fsp3) is 0.200. The van der Waals surface area contributed by atoms with Crippen LogP contribution in [0.2, 0.25) is 0 Å². The summed E-state index contributed by atoms with van der Waals surface area (Å²) in [6, 6.07) is 2.64. The number of nitrogens with one attached hydrogen (secondary N) is 2. The number of halogens is 1. The van der Waals surface area contributed by atoms with Crippen LogP contribution in [0.25, 0.3) is 0 Å². The van der Waals surface area contributed by atoms with Crippen LogP contribution in [0.1, 0.15) is 0 Å². The second kappa shape index (κ2) is 4.28. The molecule has 2 amide bonds. The monoisotopic (exact) mass is 240 g/mol. The third-order valence-electron chi connectivity index (χ3n) is 2.22. The van der Waals surface area contributed by atoms with Crippen LogP contribution >= 0.6 is 0 Å². The number of carbonyl (C=O) groups is 2. The number of fused-ring (bicyclic) bond motifs is 1. The van der Waals surface area contributed by atoms with Crippen molar-refractivity contribution in [2.24, 2.45) is 0 Å². The van der Waals surface area contributed by atoms with Gasteiger partial charge in [0.05, 0.1) is 5.69 Å². The highest BCUT2D eigenvalue weighted by Crippen LogP contribution is 2.27. The molecule has 3 N–H and O–H groups in total. The normalized spacial score (nSPS) is 18.4. The van der Waals surface area contributed by atoms with Crippen LogP contribution < -0.4 is 15.4 Å². The van der Waals surface area contributed by atoms with Crippen LogP contribution in [0.15, 0.2) is 18.2 Å². The van der Waals surface area contributed by atoms with E-state index in [-0.39, 0.29) is 12.3 Å². The predicted octanol–water partition coefficient (Wildman–Crippen LogP) is 0.793. The third kappa shape index (κ3) is 2.44. The maximum Gasteiger partial charge on any atom is 0.405 e. The van der Waals surface area contributed by atoms with Gasteiger partial charge in [-0.05, 0) is 12.1 Å². The number of hydrogen-bond acceptors (Lipinski definition) is 3. The number of benzene rings is 1. The zero-order valence-corrected chi connectivity index (χ0v) is 8.57. The predicted molar refractivity (Wildman–Crippen MR) is 55.5 cm³/mol. The summed E-state index contributed by atoms with van der Waals surface area (Å²) in [5.74, 6) is -0.802. The van der Waals surface area contributed by atoms with Crippen LogP contribution in [0, 0.1) is 5.82 Å². The molecule has 7 heteroatoms. The standard InChI is InChI=1S/C10H9FN2O4/c11-5-1-2-8-6(3-5)12-9(14)7(4-17-8)13-10(15)16/h1-3,7,13H,4H2,(H,12,14)(H,15,16). The molecule has 0 spiro atoms. The van der Waals surface area contributed by atoms with E-state index in [0.717, 1.165) is 6.07 Å². The summed E-state index contributed by atoms with van der Waals surface area (Å²) < 4.78 is 18.2. The average Bonchev–Trinajstić information content (AvgIpc) is 2.38. The molecule has 1 aromatic carbocycles. The van der Waals surface area contributed by atoms with Gasteiger partial charge in [0.2, 0.25) is 0 Å². The Morgan fingerprint density at radius 1 is 1.59 bits per heavy atom. The molecule has 2 rings (SSSR count). The van der Waals surface area contributed by atoms with Gasteiger partial charge in [-0.3, -0.25) is 4.79 Å². The second-order valence-corrected chi connectivity index (χ2v) is 3.44. The fourth-order valence-electron chi connectivity index (χ4n) is 1.45. The van der Waals surface area contributed by atoms with Crippen molar-refractivity contribution in [1.29, 1.82) is 0 Å². The van der Waals surface area contributed by atoms with Gasteiger partial charge in [-0.15, -0.1) is 0 Å². The number of amides is 2. The first-order valence-corrected chi connectivity index (χ1v) is 4.79. The molecule has 0 radical (unpaired) electrons. The molecule has 0 saturated carbocycles. The summed E-state index contributed by atoms with van der Waals surface area (Å²) in [4.78, 5) is 22.0. The molecular formula is C10H9FN2O4. The van der Waals surface area contributed by atoms with Crippen molar-refractivity contribution in [3.8, 4) is 5.75 Å². The molecule has 0 saturated heterocycles. The number of ether oxygens (including phenoxy) is 1. The number of carbonyl (C=O) groups excluding carboxylic acids is 1. The molecule has 1 aliphatic rings. The highest BCUT2D eigenvalue weighted by atomic mass is 19.1. The summed E-state index contributed by atoms with van der Waals surface area (Å²) in [5, 5.41) is 12.9. The molecule has 17 heavy (non-hydrogen) atoms. The Morgan fingerprint density at radius 2 is 2.35 bits per heavy atom. The van der Waals surface area contributed by atoms with Gasteiger partial charge in [-0.25, -0.2) is 9.18 Å². The van der Waals surface area contributed by atoms with Gasteiger partial charge in [-0.1, -0.05) is 0 Å². The highest BCUT2D eigenvalue weighted by Gasteiger charge is 2.26. The van der Waals surface area contributed by atoms with Gasteiger partial charge < -0.3 is 20.5 Å². The van der Waals surface area contributed by atoms with E-state index in [1.54, 1.807) is 0 Å². The lowest BCUT2D eigenvalue weighted by Crippen LogP contribution is -2.45. The Kier molecular flexibility index (Phi) is 2.82. The van der Waals surface area contributed by atoms with Gasteiger partial charge >= 0.3 is 6.09 Å². The number of hydrogen-bond donors (Lipinski definition) is 3. The smallest absolute Gasteiger partial charge is 0.405 e. The molecule has 1 aliphatic heterocycles. The Labute approximate surface area is 95.4 Å². The van der Waals surface area contributed by atoms with Gasteiger partial charge in [0.15, 0.2) is 0 Å². The maximum atomic E-state index is 12.9. The molecule has 1 unspecified atom stereocenters. The van der Waals surface area contributed by atoms with E-state index in [4.69, 9.17) is 9.84 Å². The van der Waals surface area contributed by atoms with Crippen molar-refractivity contribution < 1.29 is 23.8 Å². The van der Waals surface area contributed by atoms with Crippen molar-refractivity contribution >= 4 is 17.7 Å². The zero-order valence-electron chi connectivity index (χ0n) is 8.57. The molecule has 0 aliphatic carbocycles. The molecule has 0 bridgehead atoms. The van der Waals surface area contributed by atoms with E-state index in [9.17, 15) is 14.0 Å². The minimum atomic E-state index is -1.33. The quantitative estimate of drug-likeness (QED) is 0.677. The van der Waals surface area contributed by atoms with E-state index in [1.807, 2.05) is 5.32 Å². The lowest BCUT2D eigenvalue weighted by atomic mass is 10.2. The van der Waals surface area contributed by atoms with Crippen molar-refractivity contribution in [3.63, 3.8) is 0 Å². The first-order valence-electron chi connectivity index (χ1n) is 4.79. The van der Waals surface area contributed by atoms with Crippen LogP contribution in [0.3, 0.4) is 0 Å². The molecule has 1 atom stereocenters. The Morgan fingerprint density at radius 3 is 3.06 bits per heavy atom. The van der Waals surface area contributed by atoms with Crippen LogP contribution in [-0.2, 0) is 4.79 Å². The summed E-state index contributed by atoms with van der Waals surface area (Å²) in [7, 11) is 0. The summed E-state index contributed by atoms with van der Waals surface area (Å²) in [5.41, 5.74) is 0.185. The van der Waals surface area contributed by atoms with Gasteiger partial charge in [-0.2, -0.15) is 0 Å². The number of anilines is 1. The molecule has 1 heterocycles. The van der Waals surface area contributed by atoms with E-state index in [0.29, 0.717) is 5.75 Å². The summed E-state index contributed by atoms with van der Waals surface area (Å²) in [6.07, 6.45) is -1.33. The van der Waals surface area contributed by atoms with Gasteiger partial charge in [0.1, 0.15) is 24.2 Å². The molecule has 90 valence electrons. The van der Waals surface area contributed by atoms with Gasteiger partial charge in [0, 0.05) is 6.07 Å². The lowest BCUT2D eigenvalue weighted by molar-refractivity contribution is -0.118. The first-order chi connectivity index (χ1) is 8.06. The molecule has 6 nitrogen and oxygen atoms in total. The topological polar surface area (TPSA) is 87.7 Å². The number of rotatable bonds is 1. The van der Waals surface area contributed by atoms with E-state index >= 15 is 0 Å². The zero-order chi connectivity index (χ0) is 12.4. The molecular weight excluding hydrogens is 231 g/mol. The molecule has 1 aromatic rings. The van der Waals surface area contributed by atoms with Crippen molar-refractivity contribution in [2.75, 3.05) is 11.9 Å². The van der Waals surface area contributed by atoms with Gasteiger partial charge in [0.25, 0.3) is 5.91 Å². The van der Waals surface area contributed by atoms with Crippen LogP contribution in [0.4, 0.5) is 14.9 Å². The van der Waals surface area contributed by atoms with Crippen LogP contribution in [0.5, 0.6) is 5.75 Å². The third-order valence-corrected chi connectivity index (χ3v) is 2.22. The average molecular weight is 240 g/mol. The minimum absolute atomic E-state index is 0.142. The second-order valence-electron chi connectivity index (χ2n) is 3.44. The van der Waals surface area contributed by atoms with Crippen molar-refractivity contribution in [1.82, 2.24) is 5.32 Å². The maximum absolute atomic E-state index is 12.9. The Hall–Kier alpha value is -2.31. The van der Waals surface area contributed by atoms with Crippen LogP contribution in [-0.4, -0.2) is 29.8 Å². The minimum Gasteiger partial charge on any atom is -0.489 e. The van der Waals surface area contributed by atoms with E-state index < -0.39 is 23.9 Å². The van der Waals surface area contributed by atoms with E-state index in [1.165, 1.54) is 12.1 Å². The van der Waals surface area contributed by atoms with Crippen molar-refractivity contribution in [3.05, 3.63) is 24.0 Å². The first kappa shape index (κ1) is 11.2. The SMILES string of the molecule is O=C(O)NC1COc2ccc(F)cc2NC1=O. The Bertz CT molecular complexity index is 477. The lowest BCUT2D eigenvalue weighted by Gasteiger charge is -2.11. The number of carboxylic acid groups (broad SMARTS) is 1. The highest BCUT2D eigenvalue weighted by molar-refractivity contribution is 5.98. The molecule has 0 fully saturated rings. The van der Waals surface area contributed by atoms with E-state index in [2.05, 4.69) is 5.32 Å². The Balaban J connectivity index is 2.22.